The number of nitrogens with one attached hydrogen (secondary N) is 1. The SMILES string of the molecule is [CH2]C(C)(C)CNC(C)=O. The molecule has 1 radical (unpaired) electrons. The molecule has 0 heterocycles. The lowest BCUT2D eigenvalue weighted by Crippen LogP contribution is -2.30. The van der Waals surface area contributed by atoms with Crippen LogP contribution in [0.1, 0.15) is 20.8 Å². The van der Waals surface area contributed by atoms with Crippen LogP contribution in [0.5, 0.6) is 0 Å². The van der Waals surface area contributed by atoms with Crippen LogP contribution in [0.15, 0.2) is 0 Å². The van der Waals surface area contributed by atoms with Crippen LogP contribution in [0.3, 0.4) is 0 Å². The van der Waals surface area contributed by atoms with Crippen molar-refractivity contribution >= 4 is 5.91 Å². The molecule has 0 aliphatic rings. The molecule has 0 atom stereocenters. The van der Waals surface area contributed by atoms with Crippen molar-refractivity contribution in [1.82, 2.24) is 5.32 Å². The van der Waals surface area contributed by atoms with E-state index in [1.165, 1.54) is 6.92 Å². The summed E-state index contributed by atoms with van der Waals surface area (Å²) in [5.41, 5.74) is -0.0499. The molecule has 0 unspecified atom stereocenters. The highest BCUT2D eigenvalue weighted by Gasteiger charge is 2.09. The van der Waals surface area contributed by atoms with Gasteiger partial charge in [-0.1, -0.05) is 13.8 Å². The summed E-state index contributed by atoms with van der Waals surface area (Å²) in [5.74, 6) is 0.00623. The molecule has 0 aliphatic heterocycles. The fourth-order valence-corrected chi connectivity index (χ4v) is 0.364. The zero-order chi connectivity index (χ0) is 7.49. The fourth-order valence-electron chi connectivity index (χ4n) is 0.364. The summed E-state index contributed by atoms with van der Waals surface area (Å²) in [5, 5.41) is 2.68. The van der Waals surface area contributed by atoms with Crippen LogP contribution < -0.4 is 5.32 Å². The van der Waals surface area contributed by atoms with Gasteiger partial charge in [0.15, 0.2) is 0 Å². The highest BCUT2D eigenvalue weighted by Crippen LogP contribution is 2.08. The third-order valence-corrected chi connectivity index (χ3v) is 0.816. The molecule has 0 fully saturated rings. The number of hydrogen-bond donors (Lipinski definition) is 1. The molecule has 0 aromatic heterocycles. The van der Waals surface area contributed by atoms with E-state index in [0.29, 0.717) is 6.54 Å². The minimum atomic E-state index is -0.0499. The van der Waals surface area contributed by atoms with Gasteiger partial charge in [-0.2, -0.15) is 0 Å². The second-order valence-corrected chi connectivity index (χ2v) is 3.07. The normalized spacial score (nSPS) is 11.1. The maximum absolute atomic E-state index is 10.4. The summed E-state index contributed by atoms with van der Waals surface area (Å²) in [4.78, 5) is 10.4. The highest BCUT2D eigenvalue weighted by molar-refractivity contribution is 5.72. The third kappa shape index (κ3) is 7.47. The monoisotopic (exact) mass is 128 g/mol. The first-order valence-electron chi connectivity index (χ1n) is 3.01. The predicted molar refractivity (Wildman–Crippen MR) is 37.8 cm³/mol. The van der Waals surface area contributed by atoms with Gasteiger partial charge in [0.25, 0.3) is 0 Å². The first-order valence-corrected chi connectivity index (χ1v) is 3.01. The summed E-state index contributed by atoms with van der Waals surface area (Å²) in [6, 6.07) is 0. The molecule has 0 rings (SSSR count). The predicted octanol–water partition coefficient (Wildman–Crippen LogP) is 0.983. The second-order valence-electron chi connectivity index (χ2n) is 3.07. The molecule has 9 heavy (non-hydrogen) atoms. The Balaban J connectivity index is 3.39. The quantitative estimate of drug-likeness (QED) is 0.590. The lowest BCUT2D eigenvalue weighted by molar-refractivity contribution is -0.119. The van der Waals surface area contributed by atoms with Crippen molar-refractivity contribution in [3.05, 3.63) is 6.92 Å². The van der Waals surface area contributed by atoms with Crippen molar-refractivity contribution in [2.45, 2.75) is 20.8 Å². The molecule has 0 aromatic rings. The van der Waals surface area contributed by atoms with Crippen LogP contribution in [0, 0.1) is 12.3 Å². The highest BCUT2D eigenvalue weighted by atomic mass is 16.1. The van der Waals surface area contributed by atoms with Crippen LogP contribution in [0.25, 0.3) is 0 Å². The topological polar surface area (TPSA) is 29.1 Å². The number of hydrogen-bond acceptors (Lipinski definition) is 1. The first kappa shape index (κ1) is 8.47. The second kappa shape index (κ2) is 2.85. The third-order valence-electron chi connectivity index (χ3n) is 0.816. The number of rotatable bonds is 2. The molecule has 53 valence electrons. The summed E-state index contributed by atoms with van der Waals surface area (Å²) in [6.45, 7) is 9.92. The van der Waals surface area contributed by atoms with E-state index in [9.17, 15) is 4.79 Å². The lowest BCUT2D eigenvalue weighted by Gasteiger charge is -2.17. The largest absolute Gasteiger partial charge is 0.356 e. The Kier molecular flexibility index (Phi) is 2.68. The van der Waals surface area contributed by atoms with Crippen molar-refractivity contribution < 1.29 is 4.79 Å². The zero-order valence-corrected chi connectivity index (χ0v) is 6.32. The number of carbonyl (C=O) groups is 1. The van der Waals surface area contributed by atoms with E-state index in [0.717, 1.165) is 0 Å². The maximum Gasteiger partial charge on any atom is 0.216 e. The van der Waals surface area contributed by atoms with Gasteiger partial charge < -0.3 is 5.32 Å². The molecule has 0 spiro atoms. The number of carbonyl (C=O) groups excluding carboxylic acids is 1. The Labute approximate surface area is 56.6 Å². The molecular formula is C7H14NO. The first-order chi connectivity index (χ1) is 3.92. The van der Waals surface area contributed by atoms with Crippen molar-refractivity contribution in [2.24, 2.45) is 5.41 Å². The van der Waals surface area contributed by atoms with Gasteiger partial charge in [-0.3, -0.25) is 4.79 Å². The molecule has 0 saturated carbocycles. The Morgan fingerprint density at radius 1 is 1.67 bits per heavy atom. The zero-order valence-electron chi connectivity index (χ0n) is 6.32. The fraction of sp³-hybridized carbons (Fsp3) is 0.714. The Morgan fingerprint density at radius 3 is 2.22 bits per heavy atom. The van der Waals surface area contributed by atoms with Gasteiger partial charge in [-0.05, 0) is 12.3 Å². The maximum atomic E-state index is 10.4. The molecule has 1 amide bonds. The van der Waals surface area contributed by atoms with Crippen LogP contribution in [0.4, 0.5) is 0 Å². The van der Waals surface area contributed by atoms with E-state index in [1.54, 1.807) is 0 Å². The summed E-state index contributed by atoms with van der Waals surface area (Å²) in [6.07, 6.45) is 0. The van der Waals surface area contributed by atoms with Gasteiger partial charge in [0.2, 0.25) is 5.91 Å². The summed E-state index contributed by atoms with van der Waals surface area (Å²) in [7, 11) is 0. The van der Waals surface area contributed by atoms with E-state index >= 15 is 0 Å². The lowest BCUT2D eigenvalue weighted by atomic mass is 9.97. The Morgan fingerprint density at radius 2 is 2.11 bits per heavy atom. The van der Waals surface area contributed by atoms with Gasteiger partial charge in [0, 0.05) is 13.5 Å². The van der Waals surface area contributed by atoms with Gasteiger partial charge in [-0.15, -0.1) is 0 Å². The standard InChI is InChI=1S/C7H14NO/c1-6(9)8-5-7(2,3)4/h2,5H2,1,3-4H3,(H,8,9). The van der Waals surface area contributed by atoms with Gasteiger partial charge in [-0.25, -0.2) is 0 Å². The van der Waals surface area contributed by atoms with Crippen molar-refractivity contribution in [3.63, 3.8) is 0 Å². The number of amides is 1. The summed E-state index contributed by atoms with van der Waals surface area (Å²) < 4.78 is 0. The summed E-state index contributed by atoms with van der Waals surface area (Å²) >= 11 is 0. The van der Waals surface area contributed by atoms with Gasteiger partial charge in [0.1, 0.15) is 0 Å². The smallest absolute Gasteiger partial charge is 0.216 e. The molecule has 2 heteroatoms. The Hall–Kier alpha value is -0.530. The molecule has 2 nitrogen and oxygen atoms in total. The van der Waals surface area contributed by atoms with Crippen LogP contribution in [0.2, 0.25) is 0 Å². The molecule has 0 bridgehead atoms. The molecule has 0 saturated heterocycles. The van der Waals surface area contributed by atoms with Crippen molar-refractivity contribution in [2.75, 3.05) is 6.54 Å². The molecule has 1 N–H and O–H groups in total. The van der Waals surface area contributed by atoms with Crippen molar-refractivity contribution in [1.29, 1.82) is 0 Å². The molecule has 0 aliphatic carbocycles. The van der Waals surface area contributed by atoms with Crippen LogP contribution in [-0.2, 0) is 4.79 Å². The van der Waals surface area contributed by atoms with Crippen LogP contribution >= 0.6 is 0 Å². The van der Waals surface area contributed by atoms with E-state index in [1.807, 2.05) is 13.8 Å². The minimum absolute atomic E-state index is 0.00623. The van der Waals surface area contributed by atoms with Gasteiger partial charge >= 0.3 is 0 Å². The van der Waals surface area contributed by atoms with E-state index < -0.39 is 0 Å². The Bertz CT molecular complexity index is 102. The molecular weight excluding hydrogens is 114 g/mol. The van der Waals surface area contributed by atoms with Gasteiger partial charge in [0.05, 0.1) is 0 Å². The molecule has 0 aromatic carbocycles. The van der Waals surface area contributed by atoms with E-state index in [4.69, 9.17) is 0 Å². The average Bonchev–Trinajstić information content (AvgIpc) is 1.59. The van der Waals surface area contributed by atoms with E-state index in [2.05, 4.69) is 12.2 Å². The average molecular weight is 128 g/mol. The minimum Gasteiger partial charge on any atom is -0.356 e. The van der Waals surface area contributed by atoms with Crippen LogP contribution in [-0.4, -0.2) is 12.5 Å². The van der Waals surface area contributed by atoms with E-state index in [-0.39, 0.29) is 11.3 Å². The van der Waals surface area contributed by atoms with Crippen molar-refractivity contribution in [3.8, 4) is 0 Å².